The number of hydrogen-bond acceptors (Lipinski definition) is 5. The van der Waals surface area contributed by atoms with Crippen LogP contribution >= 0.6 is 11.8 Å². The lowest BCUT2D eigenvalue weighted by atomic mass is 10.1. The lowest BCUT2D eigenvalue weighted by molar-refractivity contribution is -0.137. The molecular weight excluding hydrogens is 286 g/mol. The van der Waals surface area contributed by atoms with Crippen molar-refractivity contribution in [1.82, 2.24) is 10.2 Å². The quantitative estimate of drug-likeness (QED) is 0.939. The number of carboxylic acid groups (broad SMARTS) is 1. The molecule has 6 heteroatoms. The van der Waals surface area contributed by atoms with E-state index in [0.717, 1.165) is 40.3 Å². The molecule has 1 fully saturated rings. The first kappa shape index (κ1) is 14.1. The summed E-state index contributed by atoms with van der Waals surface area (Å²) in [5.41, 5.74) is 0.899. The van der Waals surface area contributed by atoms with Crippen LogP contribution in [0, 0.1) is 6.92 Å². The molecule has 1 aliphatic rings. The molecule has 2 heterocycles. The van der Waals surface area contributed by atoms with E-state index in [4.69, 9.17) is 5.11 Å². The molecule has 1 N–H and O–H groups in total. The second-order valence-electron chi connectivity index (χ2n) is 5.17. The van der Waals surface area contributed by atoms with Crippen molar-refractivity contribution in [2.45, 2.75) is 19.4 Å². The average Bonchev–Trinajstić information content (AvgIpc) is 2.48. The van der Waals surface area contributed by atoms with Crippen LogP contribution in [0.15, 0.2) is 24.3 Å². The van der Waals surface area contributed by atoms with Crippen LogP contribution in [0.1, 0.15) is 12.1 Å². The number of aromatic nitrogens is 2. The van der Waals surface area contributed by atoms with Crippen LogP contribution in [-0.4, -0.2) is 45.4 Å². The third kappa shape index (κ3) is 2.81. The molecule has 0 saturated carbocycles. The van der Waals surface area contributed by atoms with Gasteiger partial charge in [-0.1, -0.05) is 24.3 Å². The van der Waals surface area contributed by atoms with Gasteiger partial charge in [-0.25, -0.2) is 0 Å². The van der Waals surface area contributed by atoms with E-state index in [9.17, 15) is 4.79 Å². The van der Waals surface area contributed by atoms with Crippen LogP contribution in [0.25, 0.3) is 10.8 Å². The molecule has 1 aliphatic heterocycles. The molecule has 0 bridgehead atoms. The Kier molecular flexibility index (Phi) is 3.96. The summed E-state index contributed by atoms with van der Waals surface area (Å²) >= 11 is 1.80. The van der Waals surface area contributed by atoms with E-state index in [1.54, 1.807) is 11.8 Å². The predicted octanol–water partition coefficient (Wildman–Crippen LogP) is 2.33. The molecule has 110 valence electrons. The number of carbonyl (C=O) groups is 1. The van der Waals surface area contributed by atoms with Crippen molar-refractivity contribution < 1.29 is 9.90 Å². The number of nitrogens with zero attached hydrogens (tertiary/aromatic N) is 3. The Balaban J connectivity index is 2.05. The third-order valence-electron chi connectivity index (χ3n) is 3.76. The fraction of sp³-hybridized carbons (Fsp3) is 0.400. The maximum absolute atomic E-state index is 11.1. The van der Waals surface area contributed by atoms with E-state index >= 15 is 0 Å². The summed E-state index contributed by atoms with van der Waals surface area (Å²) in [4.78, 5) is 13.2. The molecule has 5 nitrogen and oxygen atoms in total. The number of fused-ring (bicyclic) bond motifs is 1. The lowest BCUT2D eigenvalue weighted by Crippen LogP contribution is -2.44. The summed E-state index contributed by atoms with van der Waals surface area (Å²) in [6, 6.07) is 8.01. The Labute approximate surface area is 127 Å². The van der Waals surface area contributed by atoms with Gasteiger partial charge < -0.3 is 10.0 Å². The van der Waals surface area contributed by atoms with Gasteiger partial charge >= 0.3 is 5.97 Å². The number of aliphatic carboxylic acids is 1. The summed E-state index contributed by atoms with van der Waals surface area (Å²) in [7, 11) is 0. The number of carboxylic acids is 1. The highest BCUT2D eigenvalue weighted by molar-refractivity contribution is 7.99. The normalized spacial score (nSPS) is 18.9. The first-order valence-electron chi connectivity index (χ1n) is 6.95. The largest absolute Gasteiger partial charge is 0.481 e. The smallest absolute Gasteiger partial charge is 0.305 e. The lowest BCUT2D eigenvalue weighted by Gasteiger charge is -2.35. The third-order valence-corrected chi connectivity index (χ3v) is 4.85. The summed E-state index contributed by atoms with van der Waals surface area (Å²) < 4.78 is 0. The van der Waals surface area contributed by atoms with E-state index in [0.29, 0.717) is 0 Å². The fourth-order valence-electron chi connectivity index (χ4n) is 2.74. The number of benzene rings is 1. The Morgan fingerprint density at radius 1 is 1.38 bits per heavy atom. The molecule has 0 radical (unpaired) electrons. The van der Waals surface area contributed by atoms with Crippen LogP contribution in [-0.2, 0) is 4.79 Å². The number of aryl methyl sites for hydroxylation is 1. The highest BCUT2D eigenvalue weighted by Gasteiger charge is 2.27. The van der Waals surface area contributed by atoms with Crippen LogP contribution in [0.2, 0.25) is 0 Å². The first-order valence-corrected chi connectivity index (χ1v) is 8.10. The van der Waals surface area contributed by atoms with Gasteiger partial charge in [-0.05, 0) is 6.92 Å². The minimum Gasteiger partial charge on any atom is -0.481 e. The van der Waals surface area contributed by atoms with Crippen molar-refractivity contribution >= 4 is 34.3 Å². The molecule has 21 heavy (non-hydrogen) atoms. The van der Waals surface area contributed by atoms with Crippen LogP contribution < -0.4 is 4.90 Å². The Morgan fingerprint density at radius 3 is 2.90 bits per heavy atom. The van der Waals surface area contributed by atoms with Gasteiger partial charge in [0.15, 0.2) is 5.82 Å². The van der Waals surface area contributed by atoms with Gasteiger partial charge in [-0.15, -0.1) is 5.10 Å². The topological polar surface area (TPSA) is 66.3 Å². The highest BCUT2D eigenvalue weighted by atomic mass is 32.2. The second-order valence-corrected chi connectivity index (χ2v) is 6.32. The Bertz CT molecular complexity index is 677. The van der Waals surface area contributed by atoms with Crippen molar-refractivity contribution in [2.24, 2.45) is 0 Å². The molecule has 2 aromatic rings. The average molecular weight is 303 g/mol. The van der Waals surface area contributed by atoms with Gasteiger partial charge in [0.2, 0.25) is 0 Å². The number of hydrogen-bond donors (Lipinski definition) is 1. The molecule has 1 saturated heterocycles. The molecule has 1 unspecified atom stereocenters. The van der Waals surface area contributed by atoms with Gasteiger partial charge in [0.05, 0.1) is 18.2 Å². The predicted molar refractivity (Wildman–Crippen MR) is 85.0 cm³/mol. The zero-order valence-electron chi connectivity index (χ0n) is 11.8. The second kappa shape index (κ2) is 5.89. The maximum atomic E-state index is 11.1. The zero-order valence-corrected chi connectivity index (χ0v) is 12.6. The van der Waals surface area contributed by atoms with Crippen molar-refractivity contribution in [3.8, 4) is 0 Å². The summed E-state index contributed by atoms with van der Waals surface area (Å²) in [5.74, 6) is 1.84. The zero-order chi connectivity index (χ0) is 14.8. The van der Waals surface area contributed by atoms with Gasteiger partial charge in [-0.2, -0.15) is 16.9 Å². The van der Waals surface area contributed by atoms with Crippen LogP contribution in [0.3, 0.4) is 0 Å². The Morgan fingerprint density at radius 2 is 2.14 bits per heavy atom. The fourth-order valence-corrected chi connectivity index (χ4v) is 3.80. The SMILES string of the molecule is Cc1nnc(N2CCSCC2CC(=O)O)c2ccccc12. The van der Waals surface area contributed by atoms with Crippen molar-refractivity contribution in [1.29, 1.82) is 0 Å². The van der Waals surface area contributed by atoms with E-state index in [1.165, 1.54) is 0 Å². The van der Waals surface area contributed by atoms with E-state index in [2.05, 4.69) is 15.1 Å². The standard InChI is InChI=1S/C15H17N3O2S/c1-10-12-4-2-3-5-13(12)15(17-16-10)18-6-7-21-9-11(18)8-14(19)20/h2-5,11H,6-9H2,1H3,(H,19,20). The number of thioether (sulfide) groups is 1. The molecule has 0 amide bonds. The van der Waals surface area contributed by atoms with Gasteiger partial charge in [0.1, 0.15) is 0 Å². The van der Waals surface area contributed by atoms with E-state index in [-0.39, 0.29) is 12.5 Å². The first-order chi connectivity index (χ1) is 10.2. The summed E-state index contributed by atoms with van der Waals surface area (Å²) in [5, 5.41) is 19.9. The van der Waals surface area contributed by atoms with Crippen molar-refractivity contribution in [3.63, 3.8) is 0 Å². The summed E-state index contributed by atoms with van der Waals surface area (Å²) in [6.07, 6.45) is 0.136. The Hall–Kier alpha value is -1.82. The molecule has 1 aromatic carbocycles. The number of anilines is 1. The van der Waals surface area contributed by atoms with Crippen molar-refractivity contribution in [2.75, 3.05) is 23.0 Å². The van der Waals surface area contributed by atoms with Crippen LogP contribution in [0.5, 0.6) is 0 Å². The molecular formula is C15H17N3O2S. The maximum Gasteiger partial charge on any atom is 0.305 e. The number of rotatable bonds is 3. The highest BCUT2D eigenvalue weighted by Crippen LogP contribution is 2.30. The van der Waals surface area contributed by atoms with Gasteiger partial charge in [0.25, 0.3) is 0 Å². The minimum absolute atomic E-state index is 0.0262. The molecule has 0 aliphatic carbocycles. The van der Waals surface area contributed by atoms with Crippen molar-refractivity contribution in [3.05, 3.63) is 30.0 Å². The summed E-state index contributed by atoms with van der Waals surface area (Å²) in [6.45, 7) is 2.75. The molecule has 1 atom stereocenters. The molecule has 0 spiro atoms. The van der Waals surface area contributed by atoms with Gasteiger partial charge in [-0.3, -0.25) is 4.79 Å². The van der Waals surface area contributed by atoms with E-state index in [1.807, 2.05) is 31.2 Å². The van der Waals surface area contributed by atoms with E-state index < -0.39 is 5.97 Å². The molecule has 3 rings (SSSR count). The monoisotopic (exact) mass is 303 g/mol. The van der Waals surface area contributed by atoms with Crippen LogP contribution in [0.4, 0.5) is 5.82 Å². The minimum atomic E-state index is -0.767. The van der Waals surface area contributed by atoms with Gasteiger partial charge in [0, 0.05) is 28.8 Å². The molecule has 1 aromatic heterocycles.